The second-order valence-electron chi connectivity index (χ2n) is 5.18. The molecular formula is C19H18N2S. The molecule has 2 aromatic rings. The fraction of sp³-hybridized carbons (Fsp3) is 0.158. The van der Waals surface area contributed by atoms with Crippen molar-refractivity contribution >= 4 is 22.6 Å². The predicted octanol–water partition coefficient (Wildman–Crippen LogP) is 4.81. The average Bonchev–Trinajstić information content (AvgIpc) is 2.98. The van der Waals surface area contributed by atoms with Crippen LogP contribution in [0.15, 0.2) is 77.2 Å². The van der Waals surface area contributed by atoms with Crippen LogP contribution in [0.2, 0.25) is 0 Å². The second-order valence-corrected chi connectivity index (χ2v) is 6.26. The molecule has 0 saturated carbocycles. The first-order valence-corrected chi connectivity index (χ1v) is 8.18. The molecule has 1 heterocycles. The summed E-state index contributed by atoms with van der Waals surface area (Å²) in [7, 11) is 0. The predicted molar refractivity (Wildman–Crippen MR) is 97.0 cm³/mol. The molecule has 0 N–H and O–H groups in total. The van der Waals surface area contributed by atoms with Crippen molar-refractivity contribution in [2.24, 2.45) is 9.98 Å². The zero-order valence-electron chi connectivity index (χ0n) is 12.6. The number of aryl methyl sites for hydroxylation is 1. The standard InChI is InChI=1S/C19H18N2S/c1-3-13-20-19-21-17(15-7-5-4-6-8-15)18(22-19)16-11-9-14(2)10-12-16/h3-12,18H,1,13H2,2H3. The molecule has 3 heteroatoms. The Hall–Kier alpha value is -2.13. The quantitative estimate of drug-likeness (QED) is 0.744. The maximum absolute atomic E-state index is 4.76. The van der Waals surface area contributed by atoms with Crippen molar-refractivity contribution in [2.45, 2.75) is 12.2 Å². The molecule has 0 aromatic heterocycles. The molecule has 0 aliphatic carbocycles. The van der Waals surface area contributed by atoms with E-state index in [2.05, 4.69) is 54.9 Å². The number of hydrogen-bond donors (Lipinski definition) is 0. The molecule has 22 heavy (non-hydrogen) atoms. The number of hydrogen-bond acceptors (Lipinski definition) is 2. The van der Waals surface area contributed by atoms with Gasteiger partial charge in [-0.3, -0.25) is 4.99 Å². The monoisotopic (exact) mass is 306 g/mol. The van der Waals surface area contributed by atoms with Crippen molar-refractivity contribution in [3.05, 3.63) is 83.9 Å². The Balaban J connectivity index is 1.99. The van der Waals surface area contributed by atoms with Crippen LogP contribution >= 0.6 is 11.8 Å². The van der Waals surface area contributed by atoms with Crippen molar-refractivity contribution in [1.82, 2.24) is 0 Å². The van der Waals surface area contributed by atoms with E-state index in [1.807, 2.05) is 18.2 Å². The molecule has 1 aliphatic rings. The SMILES string of the molecule is C=CCN=C1N=C(c2ccccc2)C(c2ccc(C)cc2)S1. The first-order valence-electron chi connectivity index (χ1n) is 7.30. The first-order chi connectivity index (χ1) is 10.8. The summed E-state index contributed by atoms with van der Waals surface area (Å²) in [5.41, 5.74) is 4.77. The minimum absolute atomic E-state index is 0.201. The topological polar surface area (TPSA) is 24.7 Å². The summed E-state index contributed by atoms with van der Waals surface area (Å²) in [5, 5.41) is 1.04. The van der Waals surface area contributed by atoms with Crippen LogP contribution in [0.1, 0.15) is 21.9 Å². The molecule has 0 bridgehead atoms. The molecule has 2 aromatic carbocycles. The van der Waals surface area contributed by atoms with Gasteiger partial charge in [-0.2, -0.15) is 0 Å². The normalized spacial score (nSPS) is 19.2. The molecule has 0 amide bonds. The minimum Gasteiger partial charge on any atom is -0.257 e. The van der Waals surface area contributed by atoms with Crippen LogP contribution < -0.4 is 0 Å². The lowest BCUT2D eigenvalue weighted by molar-refractivity contribution is 1.25. The molecule has 1 atom stereocenters. The fourth-order valence-corrected chi connectivity index (χ4v) is 3.46. The van der Waals surface area contributed by atoms with Gasteiger partial charge >= 0.3 is 0 Å². The van der Waals surface area contributed by atoms with Crippen molar-refractivity contribution in [3.8, 4) is 0 Å². The summed E-state index contributed by atoms with van der Waals surface area (Å²) in [4.78, 5) is 9.24. The van der Waals surface area contributed by atoms with E-state index in [0.717, 1.165) is 16.4 Å². The highest BCUT2D eigenvalue weighted by Crippen LogP contribution is 2.39. The Labute approximate surface area is 135 Å². The molecule has 0 fully saturated rings. The van der Waals surface area contributed by atoms with Crippen molar-refractivity contribution in [3.63, 3.8) is 0 Å². The van der Waals surface area contributed by atoms with Crippen molar-refractivity contribution in [2.75, 3.05) is 6.54 Å². The van der Waals surface area contributed by atoms with Gasteiger partial charge in [0, 0.05) is 0 Å². The molecule has 0 saturated heterocycles. The van der Waals surface area contributed by atoms with E-state index in [1.54, 1.807) is 17.8 Å². The Bertz CT molecular complexity index is 715. The zero-order valence-corrected chi connectivity index (χ0v) is 13.4. The Morgan fingerprint density at radius 3 is 2.55 bits per heavy atom. The summed E-state index contributed by atoms with van der Waals surface area (Å²) in [6.45, 7) is 6.43. The summed E-state index contributed by atoms with van der Waals surface area (Å²) >= 11 is 1.71. The van der Waals surface area contributed by atoms with E-state index in [0.29, 0.717) is 6.54 Å². The largest absolute Gasteiger partial charge is 0.257 e. The smallest absolute Gasteiger partial charge is 0.184 e. The van der Waals surface area contributed by atoms with Crippen LogP contribution in [0.3, 0.4) is 0 Å². The third-order valence-electron chi connectivity index (χ3n) is 3.49. The van der Waals surface area contributed by atoms with Crippen LogP contribution in [0.25, 0.3) is 0 Å². The number of nitrogens with zero attached hydrogens (tertiary/aromatic N) is 2. The van der Waals surface area contributed by atoms with Crippen LogP contribution in [-0.2, 0) is 0 Å². The van der Waals surface area contributed by atoms with Gasteiger partial charge in [0.2, 0.25) is 0 Å². The molecule has 2 nitrogen and oxygen atoms in total. The van der Waals surface area contributed by atoms with Crippen molar-refractivity contribution < 1.29 is 0 Å². The highest BCUT2D eigenvalue weighted by molar-refractivity contribution is 8.15. The van der Waals surface area contributed by atoms with E-state index in [9.17, 15) is 0 Å². The summed E-state index contributed by atoms with van der Waals surface area (Å²) < 4.78 is 0. The number of amidine groups is 1. The van der Waals surface area contributed by atoms with E-state index < -0.39 is 0 Å². The molecule has 3 rings (SSSR count). The molecule has 110 valence electrons. The molecule has 0 spiro atoms. The maximum atomic E-state index is 4.76. The lowest BCUT2D eigenvalue weighted by atomic mass is 10.0. The van der Waals surface area contributed by atoms with E-state index >= 15 is 0 Å². The highest BCUT2D eigenvalue weighted by atomic mass is 32.2. The maximum Gasteiger partial charge on any atom is 0.184 e. The summed E-state index contributed by atoms with van der Waals surface area (Å²) in [6.07, 6.45) is 1.80. The number of rotatable bonds is 4. The Kier molecular flexibility index (Phi) is 4.54. The first kappa shape index (κ1) is 14.8. The lowest BCUT2D eigenvalue weighted by Gasteiger charge is -2.12. The lowest BCUT2D eigenvalue weighted by Crippen LogP contribution is -2.07. The third kappa shape index (κ3) is 3.20. The van der Waals surface area contributed by atoms with Gasteiger partial charge in [0.25, 0.3) is 0 Å². The highest BCUT2D eigenvalue weighted by Gasteiger charge is 2.28. The summed E-state index contributed by atoms with van der Waals surface area (Å²) in [6, 6.07) is 19.0. The number of aliphatic imine (C=N–C) groups is 2. The van der Waals surface area contributed by atoms with Gasteiger partial charge in [-0.1, -0.05) is 78.0 Å². The molecular weight excluding hydrogens is 288 g/mol. The van der Waals surface area contributed by atoms with Gasteiger partial charge in [-0.15, -0.1) is 6.58 Å². The molecule has 1 unspecified atom stereocenters. The van der Waals surface area contributed by atoms with Crippen LogP contribution in [0.4, 0.5) is 0 Å². The van der Waals surface area contributed by atoms with Gasteiger partial charge < -0.3 is 0 Å². The van der Waals surface area contributed by atoms with E-state index in [4.69, 9.17) is 4.99 Å². The number of thioether (sulfide) groups is 1. The second kappa shape index (κ2) is 6.75. The zero-order chi connectivity index (χ0) is 15.4. The third-order valence-corrected chi connectivity index (χ3v) is 4.66. The van der Waals surface area contributed by atoms with Gasteiger partial charge in [0.1, 0.15) is 0 Å². The average molecular weight is 306 g/mol. The van der Waals surface area contributed by atoms with E-state index in [-0.39, 0.29) is 5.25 Å². The van der Waals surface area contributed by atoms with Crippen LogP contribution in [0.5, 0.6) is 0 Å². The van der Waals surface area contributed by atoms with Crippen LogP contribution in [0, 0.1) is 6.92 Å². The van der Waals surface area contributed by atoms with Gasteiger partial charge in [0.15, 0.2) is 5.17 Å². The Morgan fingerprint density at radius 1 is 1.14 bits per heavy atom. The van der Waals surface area contributed by atoms with Crippen LogP contribution in [-0.4, -0.2) is 17.4 Å². The van der Waals surface area contributed by atoms with E-state index in [1.165, 1.54) is 11.1 Å². The number of benzene rings is 2. The van der Waals surface area contributed by atoms with Gasteiger partial charge in [-0.05, 0) is 18.1 Å². The summed E-state index contributed by atoms with van der Waals surface area (Å²) in [5.74, 6) is 0. The Morgan fingerprint density at radius 2 is 1.86 bits per heavy atom. The minimum atomic E-state index is 0.201. The van der Waals surface area contributed by atoms with Gasteiger partial charge in [-0.25, -0.2) is 4.99 Å². The fourth-order valence-electron chi connectivity index (χ4n) is 2.36. The van der Waals surface area contributed by atoms with Gasteiger partial charge in [0.05, 0.1) is 17.5 Å². The van der Waals surface area contributed by atoms with Crippen molar-refractivity contribution in [1.29, 1.82) is 0 Å². The molecule has 0 radical (unpaired) electrons. The molecule has 1 aliphatic heterocycles.